The van der Waals surface area contributed by atoms with E-state index in [4.69, 9.17) is 0 Å². The highest BCUT2D eigenvalue weighted by atomic mass is 15.2. The molecule has 0 fully saturated rings. The lowest BCUT2D eigenvalue weighted by Crippen LogP contribution is -2.28. The highest BCUT2D eigenvalue weighted by molar-refractivity contribution is 5.71. The third kappa shape index (κ3) is 7.20. The number of hydrogen-bond donors (Lipinski definition) is 1. The molecule has 0 aliphatic carbocycles. The SMILES string of the molecule is CC.CNc1ccccc1C(C)(C/C=C/C=C/C=C1/N(C)c2ccccc2C1(C)Cc1ccccc1)Cc1ccccc1. The highest BCUT2D eigenvalue weighted by Gasteiger charge is 2.41. The number of nitrogens with one attached hydrogen (secondary N) is 1. The van der Waals surface area contributed by atoms with Crippen molar-refractivity contribution in [2.75, 3.05) is 24.3 Å². The van der Waals surface area contributed by atoms with Crippen molar-refractivity contribution in [3.63, 3.8) is 0 Å². The molecule has 4 aromatic rings. The molecule has 1 N–H and O–H groups in total. The van der Waals surface area contributed by atoms with Gasteiger partial charge in [0.25, 0.3) is 0 Å². The number of fused-ring (bicyclic) bond motifs is 1. The molecule has 43 heavy (non-hydrogen) atoms. The first-order chi connectivity index (χ1) is 20.9. The molecular weight excluding hydrogens is 520 g/mol. The van der Waals surface area contributed by atoms with Gasteiger partial charge in [0.15, 0.2) is 0 Å². The van der Waals surface area contributed by atoms with Gasteiger partial charge in [0.05, 0.1) is 0 Å². The molecule has 2 unspecified atom stereocenters. The Bertz CT molecular complexity index is 1530. The molecule has 0 spiro atoms. The summed E-state index contributed by atoms with van der Waals surface area (Å²) >= 11 is 0. The molecule has 0 radical (unpaired) electrons. The Morgan fingerprint density at radius 2 is 1.35 bits per heavy atom. The predicted molar refractivity (Wildman–Crippen MR) is 188 cm³/mol. The van der Waals surface area contributed by atoms with Gasteiger partial charge in [-0.1, -0.05) is 142 Å². The minimum absolute atomic E-state index is 0.0364. The van der Waals surface area contributed by atoms with E-state index in [-0.39, 0.29) is 10.8 Å². The Kier molecular flexibility index (Phi) is 10.8. The smallest absolute Gasteiger partial charge is 0.0448 e. The van der Waals surface area contributed by atoms with Gasteiger partial charge >= 0.3 is 0 Å². The summed E-state index contributed by atoms with van der Waals surface area (Å²) < 4.78 is 0. The monoisotopic (exact) mass is 568 g/mol. The zero-order chi connectivity index (χ0) is 30.7. The summed E-state index contributed by atoms with van der Waals surface area (Å²) in [4.78, 5) is 2.36. The van der Waals surface area contributed by atoms with Crippen LogP contribution in [0.25, 0.3) is 0 Å². The fourth-order valence-corrected chi connectivity index (χ4v) is 6.52. The fourth-order valence-electron chi connectivity index (χ4n) is 6.52. The Balaban J connectivity index is 0.00000207. The topological polar surface area (TPSA) is 15.3 Å². The van der Waals surface area contributed by atoms with Crippen molar-refractivity contribution in [2.24, 2.45) is 0 Å². The zero-order valence-corrected chi connectivity index (χ0v) is 26.8. The minimum Gasteiger partial charge on any atom is -0.388 e. The van der Waals surface area contributed by atoms with Crippen LogP contribution < -0.4 is 10.2 Å². The standard InChI is InChI=1S/C39H42N2.C2H6/c1-38(29-31-19-9-7-10-20-31,33-23-14-16-25-35(33)40-3)28-18-6-5-13-27-37-39(2,30-32-21-11-8-12-22-32)34-24-15-17-26-36(34)41(37)4;1-2/h5-27,40H,28-30H2,1-4H3;1-2H3/b13-5+,18-6+,37-27+;. The van der Waals surface area contributed by atoms with E-state index in [2.05, 4.69) is 171 Å². The van der Waals surface area contributed by atoms with Crippen LogP contribution in [0.4, 0.5) is 11.4 Å². The molecular formula is C41H48N2. The first kappa shape index (κ1) is 31.6. The molecule has 2 atom stereocenters. The van der Waals surface area contributed by atoms with Crippen molar-refractivity contribution in [1.82, 2.24) is 0 Å². The van der Waals surface area contributed by atoms with Crippen molar-refractivity contribution >= 4 is 11.4 Å². The number of benzene rings is 4. The maximum atomic E-state index is 3.42. The van der Waals surface area contributed by atoms with Gasteiger partial charge in [-0.05, 0) is 66.6 Å². The van der Waals surface area contributed by atoms with Crippen molar-refractivity contribution in [3.05, 3.63) is 168 Å². The van der Waals surface area contributed by atoms with Crippen molar-refractivity contribution in [2.45, 2.75) is 57.8 Å². The lowest BCUT2D eigenvalue weighted by Gasteiger charge is -2.31. The third-order valence-corrected chi connectivity index (χ3v) is 8.65. The number of hydrogen-bond acceptors (Lipinski definition) is 2. The maximum absolute atomic E-state index is 3.42. The molecule has 2 heteroatoms. The van der Waals surface area contributed by atoms with Crippen LogP contribution in [0.3, 0.4) is 0 Å². The lowest BCUT2D eigenvalue weighted by molar-refractivity contribution is 0.476. The van der Waals surface area contributed by atoms with Crippen LogP contribution in [0.2, 0.25) is 0 Å². The minimum atomic E-state index is -0.0914. The van der Waals surface area contributed by atoms with E-state index < -0.39 is 0 Å². The summed E-state index contributed by atoms with van der Waals surface area (Å²) in [5.41, 5.74) is 9.14. The van der Waals surface area contributed by atoms with Crippen molar-refractivity contribution < 1.29 is 0 Å². The summed E-state index contributed by atoms with van der Waals surface area (Å²) in [5.74, 6) is 0. The molecule has 0 amide bonds. The van der Waals surface area contributed by atoms with Crippen LogP contribution in [-0.4, -0.2) is 14.1 Å². The third-order valence-electron chi connectivity index (χ3n) is 8.65. The van der Waals surface area contributed by atoms with Gasteiger partial charge in [-0.2, -0.15) is 0 Å². The van der Waals surface area contributed by atoms with Crippen LogP contribution in [0.1, 0.15) is 56.4 Å². The van der Waals surface area contributed by atoms with Crippen LogP contribution in [0.5, 0.6) is 0 Å². The lowest BCUT2D eigenvalue weighted by atomic mass is 9.74. The number of rotatable bonds is 10. The second-order valence-corrected chi connectivity index (χ2v) is 11.7. The summed E-state index contributed by atoms with van der Waals surface area (Å²) in [5, 5.41) is 3.42. The molecule has 1 aliphatic heterocycles. The molecule has 0 saturated heterocycles. The van der Waals surface area contributed by atoms with E-state index in [1.807, 2.05) is 20.9 Å². The second-order valence-electron chi connectivity index (χ2n) is 11.7. The Hall–Kier alpha value is -4.30. The molecule has 0 bridgehead atoms. The number of allylic oxidation sites excluding steroid dienone is 6. The van der Waals surface area contributed by atoms with Crippen molar-refractivity contribution in [1.29, 1.82) is 0 Å². The van der Waals surface area contributed by atoms with Crippen LogP contribution in [-0.2, 0) is 23.7 Å². The summed E-state index contributed by atoms with van der Waals surface area (Å²) in [6, 6.07) is 39.2. The zero-order valence-electron chi connectivity index (χ0n) is 26.8. The Labute approximate surface area is 260 Å². The van der Waals surface area contributed by atoms with Gasteiger partial charge in [-0.3, -0.25) is 0 Å². The van der Waals surface area contributed by atoms with Crippen LogP contribution in [0, 0.1) is 0 Å². The predicted octanol–water partition coefficient (Wildman–Crippen LogP) is 10.3. The Morgan fingerprint density at radius 3 is 2.05 bits per heavy atom. The molecule has 1 aliphatic rings. The highest BCUT2D eigenvalue weighted by Crippen LogP contribution is 2.48. The number of para-hydroxylation sites is 2. The molecule has 222 valence electrons. The number of anilines is 2. The van der Waals surface area contributed by atoms with Gasteiger partial charge in [-0.15, -0.1) is 0 Å². The first-order valence-electron chi connectivity index (χ1n) is 15.7. The van der Waals surface area contributed by atoms with Crippen molar-refractivity contribution in [3.8, 4) is 0 Å². The first-order valence-corrected chi connectivity index (χ1v) is 15.7. The van der Waals surface area contributed by atoms with E-state index in [0.717, 1.165) is 19.3 Å². The van der Waals surface area contributed by atoms with E-state index in [9.17, 15) is 0 Å². The molecule has 5 rings (SSSR count). The van der Waals surface area contributed by atoms with Gasteiger partial charge in [0, 0.05) is 42.0 Å². The molecule has 0 aromatic heterocycles. The summed E-state index contributed by atoms with van der Waals surface area (Å²) in [6.45, 7) is 8.76. The molecule has 0 saturated carbocycles. The van der Waals surface area contributed by atoms with E-state index in [1.165, 1.54) is 39.3 Å². The van der Waals surface area contributed by atoms with E-state index in [0.29, 0.717) is 0 Å². The van der Waals surface area contributed by atoms with Gasteiger partial charge < -0.3 is 10.2 Å². The quantitative estimate of drug-likeness (QED) is 0.191. The fraction of sp³-hybridized carbons (Fsp3) is 0.268. The van der Waals surface area contributed by atoms with E-state index >= 15 is 0 Å². The van der Waals surface area contributed by atoms with Gasteiger partial charge in [0.1, 0.15) is 0 Å². The molecule has 4 aromatic carbocycles. The number of nitrogens with zero attached hydrogens (tertiary/aromatic N) is 1. The normalized spacial score (nSPS) is 18.4. The van der Waals surface area contributed by atoms with E-state index in [1.54, 1.807) is 0 Å². The summed E-state index contributed by atoms with van der Waals surface area (Å²) in [7, 11) is 4.20. The number of likely N-dealkylation sites (N-methyl/N-ethyl adjacent to an activating group) is 1. The largest absolute Gasteiger partial charge is 0.388 e. The van der Waals surface area contributed by atoms with Crippen LogP contribution in [0.15, 0.2) is 145 Å². The van der Waals surface area contributed by atoms with Crippen LogP contribution >= 0.6 is 0 Å². The molecule has 1 heterocycles. The summed E-state index contributed by atoms with van der Waals surface area (Å²) in [6.07, 6.45) is 14.1. The second kappa shape index (κ2) is 14.7. The average molecular weight is 569 g/mol. The van der Waals surface area contributed by atoms with Gasteiger partial charge in [0.2, 0.25) is 0 Å². The van der Waals surface area contributed by atoms with Gasteiger partial charge in [-0.25, -0.2) is 0 Å². The Morgan fingerprint density at radius 1 is 0.744 bits per heavy atom. The maximum Gasteiger partial charge on any atom is 0.0448 e. The molecule has 2 nitrogen and oxygen atoms in total. The average Bonchev–Trinajstić information content (AvgIpc) is 3.26.